The number of nitrogens with one attached hydrogen (secondary N) is 1. The Bertz CT molecular complexity index is 658. The van der Waals surface area contributed by atoms with Crippen molar-refractivity contribution in [3.05, 3.63) is 54.1 Å². The van der Waals surface area contributed by atoms with E-state index in [2.05, 4.69) is 15.0 Å². The van der Waals surface area contributed by atoms with Gasteiger partial charge in [0.1, 0.15) is 11.3 Å². The number of hydrogen-bond donors (Lipinski definition) is 2. The van der Waals surface area contributed by atoms with Crippen molar-refractivity contribution in [3.8, 4) is 0 Å². The Balaban J connectivity index is 1.81. The van der Waals surface area contributed by atoms with Crippen LogP contribution < -0.4 is 5.73 Å². The number of aryl methyl sites for hydroxylation is 2. The van der Waals surface area contributed by atoms with E-state index in [9.17, 15) is 0 Å². The highest BCUT2D eigenvalue weighted by Crippen LogP contribution is 2.18. The van der Waals surface area contributed by atoms with E-state index in [4.69, 9.17) is 5.73 Å². The van der Waals surface area contributed by atoms with Crippen LogP contribution in [0.3, 0.4) is 0 Å². The van der Waals surface area contributed by atoms with E-state index < -0.39 is 0 Å². The molecule has 2 aromatic heterocycles. The fraction of sp³-hybridized carbons (Fsp3) is 0.143. The third-order valence-electron chi connectivity index (χ3n) is 2.99. The number of para-hydroxylation sites is 1. The van der Waals surface area contributed by atoms with Gasteiger partial charge in [0.15, 0.2) is 0 Å². The van der Waals surface area contributed by atoms with Gasteiger partial charge in [0, 0.05) is 18.8 Å². The highest BCUT2D eigenvalue weighted by Gasteiger charge is 2.05. The number of anilines is 1. The van der Waals surface area contributed by atoms with Crippen LogP contribution in [0.1, 0.15) is 11.4 Å². The van der Waals surface area contributed by atoms with E-state index in [1.54, 1.807) is 0 Å². The molecule has 0 saturated carbocycles. The number of hydrogen-bond acceptors (Lipinski definition) is 3. The number of H-pyrrole nitrogens is 1. The summed E-state index contributed by atoms with van der Waals surface area (Å²) in [6.07, 6.45) is 5.44. The van der Waals surface area contributed by atoms with Crippen LogP contribution in [0.4, 0.5) is 5.69 Å². The Kier molecular flexibility index (Phi) is 2.68. The Morgan fingerprint density at radius 1 is 1.06 bits per heavy atom. The summed E-state index contributed by atoms with van der Waals surface area (Å²) in [5.41, 5.74) is 9.73. The predicted octanol–water partition coefficient (Wildman–Crippen LogP) is 2.33. The summed E-state index contributed by atoms with van der Waals surface area (Å²) in [4.78, 5) is 11.8. The molecule has 3 N–H and O–H groups in total. The maximum Gasteiger partial charge on any atom is 0.111 e. The lowest BCUT2D eigenvalue weighted by Gasteiger charge is -1.97. The fourth-order valence-corrected chi connectivity index (χ4v) is 2.04. The van der Waals surface area contributed by atoms with E-state index in [1.807, 2.05) is 42.7 Å². The molecule has 3 rings (SSSR count). The first-order valence-corrected chi connectivity index (χ1v) is 5.95. The van der Waals surface area contributed by atoms with E-state index in [0.29, 0.717) is 0 Å². The van der Waals surface area contributed by atoms with Crippen molar-refractivity contribution in [1.29, 1.82) is 0 Å². The topological polar surface area (TPSA) is 67.6 Å². The zero-order chi connectivity index (χ0) is 12.4. The third-order valence-corrected chi connectivity index (χ3v) is 2.99. The van der Waals surface area contributed by atoms with Gasteiger partial charge in [-0.3, -0.25) is 4.98 Å². The van der Waals surface area contributed by atoms with Crippen molar-refractivity contribution < 1.29 is 0 Å². The van der Waals surface area contributed by atoms with Crippen LogP contribution in [0.25, 0.3) is 11.0 Å². The number of nitrogens with two attached hydrogens (primary N) is 1. The first-order valence-electron chi connectivity index (χ1n) is 5.95. The molecule has 0 unspecified atom stereocenters. The second-order valence-electron chi connectivity index (χ2n) is 4.28. The van der Waals surface area contributed by atoms with Crippen LogP contribution in [0.2, 0.25) is 0 Å². The second-order valence-corrected chi connectivity index (χ2v) is 4.28. The van der Waals surface area contributed by atoms with E-state index in [-0.39, 0.29) is 0 Å². The molecule has 0 amide bonds. The minimum atomic E-state index is 0.721. The van der Waals surface area contributed by atoms with Crippen molar-refractivity contribution in [2.24, 2.45) is 0 Å². The molecule has 0 fully saturated rings. The second kappa shape index (κ2) is 4.49. The molecule has 1 aromatic carbocycles. The van der Waals surface area contributed by atoms with Gasteiger partial charge in [-0.1, -0.05) is 6.07 Å². The largest absolute Gasteiger partial charge is 0.397 e. The van der Waals surface area contributed by atoms with Crippen molar-refractivity contribution in [2.75, 3.05) is 5.73 Å². The molecular weight excluding hydrogens is 224 g/mol. The number of aromatic nitrogens is 3. The third kappa shape index (κ3) is 2.05. The number of nitrogens with zero attached hydrogens (tertiary/aromatic N) is 2. The van der Waals surface area contributed by atoms with Gasteiger partial charge in [-0.05, 0) is 36.2 Å². The SMILES string of the molecule is Nc1cccc2[nH]c(CCc3ccncc3)nc12. The molecule has 0 radical (unpaired) electrons. The number of rotatable bonds is 3. The first-order chi connectivity index (χ1) is 8.83. The van der Waals surface area contributed by atoms with Crippen LogP contribution in [0, 0.1) is 0 Å². The first kappa shape index (κ1) is 10.8. The maximum absolute atomic E-state index is 5.89. The Morgan fingerprint density at radius 3 is 2.67 bits per heavy atom. The standard InChI is InChI=1S/C14H14N4/c15-11-2-1-3-12-14(11)18-13(17-12)5-4-10-6-8-16-9-7-10/h1-3,6-9H,4-5,15H2,(H,17,18). The molecule has 0 aliphatic heterocycles. The smallest absolute Gasteiger partial charge is 0.111 e. The molecule has 0 spiro atoms. The van der Waals surface area contributed by atoms with Gasteiger partial charge in [0.05, 0.1) is 11.2 Å². The van der Waals surface area contributed by atoms with E-state index in [1.165, 1.54) is 5.56 Å². The monoisotopic (exact) mass is 238 g/mol. The van der Waals surface area contributed by atoms with Crippen LogP contribution in [-0.2, 0) is 12.8 Å². The highest BCUT2D eigenvalue weighted by molar-refractivity contribution is 5.86. The Labute approximate surface area is 105 Å². The molecular formula is C14H14N4. The molecule has 2 heterocycles. The molecule has 0 aliphatic rings. The Morgan fingerprint density at radius 2 is 1.89 bits per heavy atom. The molecule has 0 atom stereocenters. The number of pyridine rings is 1. The lowest BCUT2D eigenvalue weighted by atomic mass is 10.1. The predicted molar refractivity (Wildman–Crippen MR) is 72.2 cm³/mol. The zero-order valence-corrected chi connectivity index (χ0v) is 9.93. The summed E-state index contributed by atoms with van der Waals surface area (Å²) in [6.45, 7) is 0. The zero-order valence-electron chi connectivity index (χ0n) is 9.93. The number of benzene rings is 1. The summed E-state index contributed by atoms with van der Waals surface area (Å²) in [6, 6.07) is 9.85. The van der Waals surface area contributed by atoms with Crippen LogP contribution in [-0.4, -0.2) is 15.0 Å². The molecule has 3 aromatic rings. The van der Waals surface area contributed by atoms with Gasteiger partial charge in [-0.25, -0.2) is 4.98 Å². The number of aromatic amines is 1. The van der Waals surface area contributed by atoms with Crippen molar-refractivity contribution in [1.82, 2.24) is 15.0 Å². The molecule has 0 saturated heterocycles. The average molecular weight is 238 g/mol. The molecule has 90 valence electrons. The van der Waals surface area contributed by atoms with Crippen molar-refractivity contribution >= 4 is 16.7 Å². The van der Waals surface area contributed by atoms with Gasteiger partial charge >= 0.3 is 0 Å². The number of nitrogen functional groups attached to an aromatic ring is 1. The van der Waals surface area contributed by atoms with E-state index in [0.717, 1.165) is 35.4 Å². The normalized spacial score (nSPS) is 10.9. The molecule has 18 heavy (non-hydrogen) atoms. The molecule has 0 bridgehead atoms. The van der Waals surface area contributed by atoms with E-state index >= 15 is 0 Å². The summed E-state index contributed by atoms with van der Waals surface area (Å²) in [5.74, 6) is 0.972. The molecule has 0 aliphatic carbocycles. The summed E-state index contributed by atoms with van der Waals surface area (Å²) >= 11 is 0. The summed E-state index contributed by atoms with van der Waals surface area (Å²) < 4.78 is 0. The van der Waals surface area contributed by atoms with Gasteiger partial charge in [0.2, 0.25) is 0 Å². The van der Waals surface area contributed by atoms with Crippen LogP contribution in [0.15, 0.2) is 42.7 Å². The Hall–Kier alpha value is -2.36. The summed E-state index contributed by atoms with van der Waals surface area (Å²) in [5, 5.41) is 0. The van der Waals surface area contributed by atoms with Crippen molar-refractivity contribution in [3.63, 3.8) is 0 Å². The highest BCUT2D eigenvalue weighted by atomic mass is 14.9. The minimum Gasteiger partial charge on any atom is -0.397 e. The van der Waals surface area contributed by atoms with Gasteiger partial charge < -0.3 is 10.7 Å². The van der Waals surface area contributed by atoms with Crippen LogP contribution in [0.5, 0.6) is 0 Å². The number of imidazole rings is 1. The van der Waals surface area contributed by atoms with Gasteiger partial charge in [-0.15, -0.1) is 0 Å². The number of fused-ring (bicyclic) bond motifs is 1. The summed E-state index contributed by atoms with van der Waals surface area (Å²) in [7, 11) is 0. The lowest BCUT2D eigenvalue weighted by Crippen LogP contribution is -1.93. The quantitative estimate of drug-likeness (QED) is 0.688. The van der Waals surface area contributed by atoms with Gasteiger partial charge in [-0.2, -0.15) is 0 Å². The lowest BCUT2D eigenvalue weighted by molar-refractivity contribution is 0.888. The van der Waals surface area contributed by atoms with Crippen LogP contribution >= 0.6 is 0 Å². The van der Waals surface area contributed by atoms with Crippen molar-refractivity contribution in [2.45, 2.75) is 12.8 Å². The maximum atomic E-state index is 5.89. The molecule has 4 heteroatoms. The van der Waals surface area contributed by atoms with Gasteiger partial charge in [0.25, 0.3) is 0 Å². The minimum absolute atomic E-state index is 0.721. The fourth-order valence-electron chi connectivity index (χ4n) is 2.04. The molecule has 4 nitrogen and oxygen atoms in total. The average Bonchev–Trinajstić information content (AvgIpc) is 2.82.